The first-order valence-electron chi connectivity index (χ1n) is 14.2. The predicted molar refractivity (Wildman–Crippen MR) is 184 cm³/mol. The molecular weight excluding hydrogens is 697 g/mol. The summed E-state index contributed by atoms with van der Waals surface area (Å²) < 4.78 is 30.0. The second-order valence-electron chi connectivity index (χ2n) is 11.5. The minimum absolute atomic E-state index is 0.0514. The minimum Gasteiger partial charge on any atom is -0.350 e. The molecule has 0 spiro atoms. The predicted octanol–water partition coefficient (Wildman–Crippen LogP) is 7.51. The van der Waals surface area contributed by atoms with Crippen LogP contribution in [0.5, 0.6) is 0 Å². The first-order chi connectivity index (χ1) is 21.2. The highest BCUT2D eigenvalue weighted by Crippen LogP contribution is 2.28. The summed E-state index contributed by atoms with van der Waals surface area (Å²) in [6.45, 7) is 5.06. The second-order valence-corrected chi connectivity index (χ2v) is 15.2. The van der Waals surface area contributed by atoms with E-state index in [1.54, 1.807) is 18.2 Å². The zero-order valence-electron chi connectivity index (χ0n) is 25.1. The smallest absolute Gasteiger partial charge is 0.264 e. The summed E-state index contributed by atoms with van der Waals surface area (Å²) in [5, 5.41) is 3.69. The van der Waals surface area contributed by atoms with Gasteiger partial charge in [0.05, 0.1) is 10.6 Å². The molecule has 0 bridgehead atoms. The molecule has 2 amide bonds. The van der Waals surface area contributed by atoms with Crippen molar-refractivity contribution in [2.24, 2.45) is 0 Å². The topological polar surface area (TPSA) is 86.8 Å². The van der Waals surface area contributed by atoms with Crippen LogP contribution in [-0.2, 0) is 32.6 Å². The number of halogens is 3. The highest BCUT2D eigenvalue weighted by molar-refractivity contribution is 9.10. The number of nitrogens with one attached hydrogen (secondary N) is 1. The van der Waals surface area contributed by atoms with E-state index in [1.807, 2.05) is 75.4 Å². The third-order valence-corrected chi connectivity index (χ3v) is 9.56. The molecule has 0 aliphatic rings. The van der Waals surface area contributed by atoms with Gasteiger partial charge in [0.15, 0.2) is 0 Å². The second kappa shape index (κ2) is 14.8. The van der Waals surface area contributed by atoms with Crippen molar-refractivity contribution >= 4 is 66.7 Å². The zero-order chi connectivity index (χ0) is 32.8. The fourth-order valence-corrected chi connectivity index (χ4v) is 6.90. The molecule has 0 heterocycles. The fourth-order valence-electron chi connectivity index (χ4n) is 4.73. The van der Waals surface area contributed by atoms with E-state index in [9.17, 15) is 18.0 Å². The highest BCUT2D eigenvalue weighted by atomic mass is 79.9. The van der Waals surface area contributed by atoms with E-state index < -0.39 is 34.1 Å². The van der Waals surface area contributed by atoms with Gasteiger partial charge < -0.3 is 10.2 Å². The summed E-state index contributed by atoms with van der Waals surface area (Å²) >= 11 is 15.8. The van der Waals surface area contributed by atoms with Crippen LogP contribution in [0.15, 0.2) is 112 Å². The number of carbonyl (C=O) groups excluding carboxylic acids is 2. The number of amides is 2. The van der Waals surface area contributed by atoms with Crippen LogP contribution in [0, 0.1) is 0 Å². The molecule has 4 aromatic rings. The summed E-state index contributed by atoms with van der Waals surface area (Å²) in [5.41, 5.74) is 1.22. The van der Waals surface area contributed by atoms with Gasteiger partial charge in [-0.15, -0.1) is 0 Å². The molecular formula is C34H34BrCl2N3O4S. The van der Waals surface area contributed by atoms with Crippen molar-refractivity contribution < 1.29 is 18.0 Å². The highest BCUT2D eigenvalue weighted by Gasteiger charge is 2.35. The number of sulfonamides is 1. The Morgan fingerprint density at radius 2 is 1.47 bits per heavy atom. The Kier molecular flexibility index (Phi) is 11.4. The van der Waals surface area contributed by atoms with Crippen LogP contribution in [0.1, 0.15) is 31.9 Å². The van der Waals surface area contributed by atoms with Crippen molar-refractivity contribution in [3.05, 3.63) is 129 Å². The Hall–Kier alpha value is -3.37. The molecule has 0 radical (unpaired) electrons. The lowest BCUT2D eigenvalue weighted by molar-refractivity contribution is -0.140. The normalized spacial score (nSPS) is 12.3. The van der Waals surface area contributed by atoms with E-state index in [1.165, 1.54) is 35.2 Å². The quantitative estimate of drug-likeness (QED) is 0.173. The van der Waals surface area contributed by atoms with Gasteiger partial charge in [0, 0.05) is 33.0 Å². The van der Waals surface area contributed by atoms with Crippen LogP contribution in [0.3, 0.4) is 0 Å². The Morgan fingerprint density at radius 1 is 0.822 bits per heavy atom. The summed E-state index contributed by atoms with van der Waals surface area (Å²) in [6, 6.07) is 27.8. The van der Waals surface area contributed by atoms with Gasteiger partial charge in [-0.25, -0.2) is 8.42 Å². The number of carbonyl (C=O) groups is 2. The molecule has 0 unspecified atom stereocenters. The first-order valence-corrected chi connectivity index (χ1v) is 17.2. The molecule has 7 nitrogen and oxygen atoms in total. The lowest BCUT2D eigenvalue weighted by Crippen LogP contribution is -2.56. The standard InChI is InChI=1S/C34H34BrCl2N3O4S/c1-34(2,3)38-33(42)31(20-24-9-5-4-6-10-24)39(22-25-11-7-12-26(35)19-25)32(41)23-40(29-14-8-13-28(37)21-29)45(43,44)30-17-15-27(36)16-18-30/h4-19,21,31H,20,22-23H2,1-3H3,(H,38,42)/t31-/m0/s1. The maximum absolute atomic E-state index is 14.5. The van der Waals surface area contributed by atoms with E-state index in [4.69, 9.17) is 23.2 Å². The molecule has 1 N–H and O–H groups in total. The van der Waals surface area contributed by atoms with Crippen molar-refractivity contribution in [3.8, 4) is 0 Å². The number of anilines is 1. The van der Waals surface area contributed by atoms with E-state index in [-0.39, 0.29) is 29.5 Å². The molecule has 11 heteroatoms. The fraction of sp³-hybridized carbons (Fsp3) is 0.235. The summed E-state index contributed by atoms with van der Waals surface area (Å²) in [7, 11) is -4.27. The van der Waals surface area contributed by atoms with Gasteiger partial charge in [-0.1, -0.05) is 87.7 Å². The SMILES string of the molecule is CC(C)(C)NC(=O)[C@H](Cc1ccccc1)N(Cc1cccc(Br)c1)C(=O)CN(c1cccc(Cl)c1)S(=O)(=O)c1ccc(Cl)cc1. The molecule has 0 aromatic heterocycles. The van der Waals surface area contributed by atoms with Crippen molar-refractivity contribution in [2.45, 2.75) is 50.2 Å². The van der Waals surface area contributed by atoms with Crippen molar-refractivity contribution in [1.29, 1.82) is 0 Å². The third kappa shape index (κ3) is 9.56. The molecule has 0 fully saturated rings. The molecule has 0 aliphatic carbocycles. The average molecular weight is 732 g/mol. The van der Waals surface area contributed by atoms with Gasteiger partial charge in [0.25, 0.3) is 10.0 Å². The number of hydrogen-bond donors (Lipinski definition) is 1. The van der Waals surface area contributed by atoms with Crippen LogP contribution in [-0.4, -0.2) is 43.3 Å². The largest absolute Gasteiger partial charge is 0.350 e. The van der Waals surface area contributed by atoms with Crippen LogP contribution >= 0.6 is 39.1 Å². The number of benzene rings is 4. The zero-order valence-corrected chi connectivity index (χ0v) is 29.0. The number of hydrogen-bond acceptors (Lipinski definition) is 4. The lowest BCUT2D eigenvalue weighted by Gasteiger charge is -2.35. The Bertz CT molecular complexity index is 1750. The van der Waals surface area contributed by atoms with Crippen molar-refractivity contribution in [2.75, 3.05) is 10.8 Å². The number of nitrogens with zero attached hydrogens (tertiary/aromatic N) is 2. The Labute approximate surface area is 283 Å². The van der Waals surface area contributed by atoms with Crippen LogP contribution in [0.25, 0.3) is 0 Å². The molecule has 4 rings (SSSR count). The maximum atomic E-state index is 14.5. The maximum Gasteiger partial charge on any atom is 0.264 e. The Balaban J connectivity index is 1.82. The van der Waals surface area contributed by atoms with Gasteiger partial charge in [-0.2, -0.15) is 0 Å². The molecule has 236 valence electrons. The summed E-state index contributed by atoms with van der Waals surface area (Å²) in [6.07, 6.45) is 0.212. The van der Waals surface area contributed by atoms with Crippen LogP contribution < -0.4 is 9.62 Å². The van der Waals surface area contributed by atoms with E-state index in [0.717, 1.165) is 19.9 Å². The summed E-state index contributed by atoms with van der Waals surface area (Å²) in [5.74, 6) is -0.929. The molecule has 0 saturated heterocycles. The Morgan fingerprint density at radius 3 is 2.09 bits per heavy atom. The van der Waals surface area contributed by atoms with Crippen LogP contribution in [0.4, 0.5) is 5.69 Å². The van der Waals surface area contributed by atoms with Crippen LogP contribution in [0.2, 0.25) is 10.0 Å². The van der Waals surface area contributed by atoms with Gasteiger partial charge in [-0.05, 0) is 86.5 Å². The van der Waals surface area contributed by atoms with Gasteiger partial charge in [-0.3, -0.25) is 13.9 Å². The lowest BCUT2D eigenvalue weighted by atomic mass is 10.0. The van der Waals surface area contributed by atoms with E-state index in [2.05, 4.69) is 21.2 Å². The number of rotatable bonds is 11. The first kappa shape index (κ1) is 34.5. The van der Waals surface area contributed by atoms with Crippen molar-refractivity contribution in [3.63, 3.8) is 0 Å². The monoisotopic (exact) mass is 729 g/mol. The molecule has 0 saturated carbocycles. The summed E-state index contributed by atoms with van der Waals surface area (Å²) in [4.78, 5) is 29.8. The molecule has 1 atom stereocenters. The third-order valence-electron chi connectivity index (χ3n) is 6.79. The molecule has 4 aromatic carbocycles. The van der Waals surface area contributed by atoms with E-state index >= 15 is 0 Å². The minimum atomic E-state index is -4.27. The van der Waals surface area contributed by atoms with Gasteiger partial charge in [0.2, 0.25) is 11.8 Å². The van der Waals surface area contributed by atoms with Gasteiger partial charge >= 0.3 is 0 Å². The van der Waals surface area contributed by atoms with Crippen molar-refractivity contribution in [1.82, 2.24) is 10.2 Å². The average Bonchev–Trinajstić information content (AvgIpc) is 2.97. The van der Waals surface area contributed by atoms with Gasteiger partial charge in [0.1, 0.15) is 12.6 Å². The van der Waals surface area contributed by atoms with E-state index in [0.29, 0.717) is 10.0 Å². The molecule has 0 aliphatic heterocycles. The molecule has 45 heavy (non-hydrogen) atoms.